The van der Waals surface area contributed by atoms with Crippen molar-refractivity contribution in [2.75, 3.05) is 32.2 Å². The number of carbonyl (C=O) groups excluding carboxylic acids is 1. The summed E-state index contributed by atoms with van der Waals surface area (Å²) in [5.41, 5.74) is 2.52. The quantitative estimate of drug-likeness (QED) is 0.602. The number of ether oxygens (including phenoxy) is 2. The van der Waals surface area contributed by atoms with Gasteiger partial charge in [0.2, 0.25) is 0 Å². The van der Waals surface area contributed by atoms with Gasteiger partial charge in [0.15, 0.2) is 5.82 Å². The highest BCUT2D eigenvalue weighted by Gasteiger charge is 2.23. The van der Waals surface area contributed by atoms with Crippen LogP contribution in [0.4, 0.5) is 5.82 Å². The number of carbonyl (C=O) groups is 1. The van der Waals surface area contributed by atoms with Gasteiger partial charge in [0.25, 0.3) is 5.91 Å². The number of nitrogens with one attached hydrogen (secondary N) is 2. The van der Waals surface area contributed by atoms with Gasteiger partial charge in [0.1, 0.15) is 11.5 Å². The molecule has 0 spiro atoms. The lowest BCUT2D eigenvalue weighted by atomic mass is 10.0. The molecule has 0 aliphatic carbocycles. The highest BCUT2D eigenvalue weighted by molar-refractivity contribution is 6.30. The fourth-order valence-corrected chi connectivity index (χ4v) is 3.84. The summed E-state index contributed by atoms with van der Waals surface area (Å²) < 4.78 is 10.5. The first-order chi connectivity index (χ1) is 15.1. The van der Waals surface area contributed by atoms with E-state index in [1.165, 1.54) is 0 Å². The number of rotatable bonds is 6. The molecule has 2 heterocycles. The molecule has 3 aromatic rings. The average Bonchev–Trinajstić information content (AvgIpc) is 3.30. The maximum Gasteiger partial charge on any atom is 0.251 e. The van der Waals surface area contributed by atoms with E-state index in [1.807, 2.05) is 30.3 Å². The molecule has 1 fully saturated rings. The van der Waals surface area contributed by atoms with Crippen LogP contribution < -0.4 is 19.7 Å². The molecular weight excluding hydrogens is 416 g/mol. The Bertz CT molecular complexity index is 1020. The van der Waals surface area contributed by atoms with Crippen LogP contribution in [0.5, 0.6) is 11.5 Å². The van der Waals surface area contributed by atoms with E-state index in [4.69, 9.17) is 21.1 Å². The smallest absolute Gasteiger partial charge is 0.251 e. The number of amides is 1. The lowest BCUT2D eigenvalue weighted by Crippen LogP contribution is -2.44. The van der Waals surface area contributed by atoms with Crippen molar-refractivity contribution < 1.29 is 14.3 Å². The summed E-state index contributed by atoms with van der Waals surface area (Å²) >= 11 is 5.97. The van der Waals surface area contributed by atoms with E-state index in [9.17, 15) is 4.79 Å². The van der Waals surface area contributed by atoms with E-state index < -0.39 is 0 Å². The van der Waals surface area contributed by atoms with Crippen LogP contribution in [0, 0.1) is 0 Å². The molecule has 162 valence electrons. The van der Waals surface area contributed by atoms with Gasteiger partial charge < -0.3 is 19.7 Å². The van der Waals surface area contributed by atoms with Crippen LogP contribution in [-0.2, 0) is 0 Å². The first kappa shape index (κ1) is 21.1. The Morgan fingerprint density at radius 2 is 1.71 bits per heavy atom. The molecule has 1 amide bonds. The van der Waals surface area contributed by atoms with Gasteiger partial charge >= 0.3 is 0 Å². The molecule has 31 heavy (non-hydrogen) atoms. The summed E-state index contributed by atoms with van der Waals surface area (Å²) in [6, 6.07) is 15.0. The van der Waals surface area contributed by atoms with E-state index in [0.717, 1.165) is 43.0 Å². The third-order valence-corrected chi connectivity index (χ3v) is 5.74. The van der Waals surface area contributed by atoms with Crippen molar-refractivity contribution in [1.29, 1.82) is 0 Å². The first-order valence-corrected chi connectivity index (χ1v) is 10.5. The summed E-state index contributed by atoms with van der Waals surface area (Å²) in [6.07, 6.45) is 1.69. The maximum absolute atomic E-state index is 12.7. The fourth-order valence-electron chi connectivity index (χ4n) is 3.71. The topological polar surface area (TPSA) is 79.5 Å². The molecule has 0 unspecified atom stereocenters. The van der Waals surface area contributed by atoms with Crippen LogP contribution in [0.25, 0.3) is 11.3 Å². The molecule has 7 nitrogen and oxygen atoms in total. The number of hydrogen-bond donors (Lipinski definition) is 2. The summed E-state index contributed by atoms with van der Waals surface area (Å²) in [4.78, 5) is 15.0. The van der Waals surface area contributed by atoms with Gasteiger partial charge in [-0.25, -0.2) is 0 Å². The highest BCUT2D eigenvalue weighted by Crippen LogP contribution is 2.26. The first-order valence-electron chi connectivity index (χ1n) is 10.2. The number of halogens is 1. The summed E-state index contributed by atoms with van der Waals surface area (Å²) in [5.74, 6) is 1.97. The Hall–Kier alpha value is -3.19. The molecule has 0 saturated carbocycles. The molecule has 4 rings (SSSR count). The highest BCUT2D eigenvalue weighted by atomic mass is 35.5. The molecule has 8 heteroatoms. The minimum Gasteiger partial charge on any atom is -0.497 e. The van der Waals surface area contributed by atoms with Gasteiger partial charge in [-0.3, -0.25) is 9.89 Å². The molecule has 0 atom stereocenters. The Morgan fingerprint density at radius 1 is 1.06 bits per heavy atom. The number of H-pyrrole nitrogens is 1. The molecular formula is C23H25ClN4O3. The van der Waals surface area contributed by atoms with Gasteiger partial charge in [0.05, 0.1) is 19.9 Å². The zero-order chi connectivity index (χ0) is 21.8. The summed E-state index contributed by atoms with van der Waals surface area (Å²) in [7, 11) is 3.14. The molecule has 0 bridgehead atoms. The number of anilines is 1. The zero-order valence-corrected chi connectivity index (χ0v) is 18.3. The number of aromatic nitrogens is 2. The second kappa shape index (κ2) is 9.31. The predicted molar refractivity (Wildman–Crippen MR) is 121 cm³/mol. The largest absolute Gasteiger partial charge is 0.497 e. The monoisotopic (exact) mass is 440 g/mol. The van der Waals surface area contributed by atoms with Crippen molar-refractivity contribution in [2.45, 2.75) is 18.9 Å². The predicted octanol–water partition coefficient (Wildman–Crippen LogP) is 4.15. The Morgan fingerprint density at radius 3 is 2.32 bits per heavy atom. The second-order valence-corrected chi connectivity index (χ2v) is 7.92. The summed E-state index contributed by atoms with van der Waals surface area (Å²) in [5, 5.41) is 11.4. The number of nitrogens with zero attached hydrogens (tertiary/aromatic N) is 2. The van der Waals surface area contributed by atoms with E-state index in [0.29, 0.717) is 22.1 Å². The Labute approximate surface area is 186 Å². The molecule has 0 radical (unpaired) electrons. The van der Waals surface area contributed by atoms with Crippen molar-refractivity contribution in [1.82, 2.24) is 15.5 Å². The van der Waals surface area contributed by atoms with Crippen molar-refractivity contribution in [2.24, 2.45) is 0 Å². The Balaban J connectivity index is 1.35. The number of methoxy groups -OCH3 is 2. The second-order valence-electron chi connectivity index (χ2n) is 7.48. The fraction of sp³-hybridized carbons (Fsp3) is 0.304. The molecule has 2 N–H and O–H groups in total. The number of hydrogen-bond acceptors (Lipinski definition) is 5. The van der Waals surface area contributed by atoms with Crippen LogP contribution in [0.15, 0.2) is 48.5 Å². The van der Waals surface area contributed by atoms with Crippen LogP contribution in [0.2, 0.25) is 5.02 Å². The standard InChI is InChI=1S/C23H25ClN4O3/c1-30-19-11-16(12-20(13-19)31-2)23(29)25-18-7-9-28(10-8-18)22-14-21(26-27-22)15-3-5-17(24)6-4-15/h3-6,11-14,18H,7-10H2,1-2H3,(H,25,29)(H,26,27). The van der Waals surface area contributed by atoms with Crippen LogP contribution in [0.3, 0.4) is 0 Å². The Kier molecular flexibility index (Phi) is 6.32. The molecule has 1 aromatic heterocycles. The normalized spacial score (nSPS) is 14.4. The van der Waals surface area contributed by atoms with Gasteiger partial charge in [-0.2, -0.15) is 5.10 Å². The molecule has 2 aromatic carbocycles. The molecule has 1 aliphatic heterocycles. The van der Waals surface area contributed by atoms with E-state index in [2.05, 4.69) is 20.4 Å². The third-order valence-electron chi connectivity index (χ3n) is 5.49. The van der Waals surface area contributed by atoms with Gasteiger partial charge in [-0.15, -0.1) is 0 Å². The zero-order valence-electron chi connectivity index (χ0n) is 17.5. The lowest BCUT2D eigenvalue weighted by Gasteiger charge is -2.32. The minimum absolute atomic E-state index is 0.107. The molecule has 1 saturated heterocycles. The van der Waals surface area contributed by atoms with Crippen LogP contribution >= 0.6 is 11.6 Å². The number of piperidine rings is 1. The van der Waals surface area contributed by atoms with E-state index >= 15 is 0 Å². The van der Waals surface area contributed by atoms with Crippen LogP contribution in [0.1, 0.15) is 23.2 Å². The van der Waals surface area contributed by atoms with Crippen molar-refractivity contribution in [3.63, 3.8) is 0 Å². The van der Waals surface area contributed by atoms with Gasteiger partial charge in [0, 0.05) is 41.9 Å². The maximum atomic E-state index is 12.7. The number of benzene rings is 2. The van der Waals surface area contributed by atoms with Crippen LogP contribution in [-0.4, -0.2) is 49.5 Å². The van der Waals surface area contributed by atoms with Crippen molar-refractivity contribution in [3.8, 4) is 22.8 Å². The minimum atomic E-state index is -0.125. The SMILES string of the molecule is COc1cc(OC)cc(C(=O)NC2CCN(c3cc(-c4ccc(Cl)cc4)[nH]n3)CC2)c1. The molecule has 1 aliphatic rings. The summed E-state index contributed by atoms with van der Waals surface area (Å²) in [6.45, 7) is 1.63. The average molecular weight is 441 g/mol. The van der Waals surface area contributed by atoms with Crippen molar-refractivity contribution in [3.05, 3.63) is 59.1 Å². The number of aromatic amines is 1. The van der Waals surface area contributed by atoms with Gasteiger partial charge in [-0.1, -0.05) is 23.7 Å². The van der Waals surface area contributed by atoms with Crippen molar-refractivity contribution >= 4 is 23.3 Å². The van der Waals surface area contributed by atoms with E-state index in [1.54, 1.807) is 32.4 Å². The third kappa shape index (κ3) is 4.94. The van der Waals surface area contributed by atoms with E-state index in [-0.39, 0.29) is 11.9 Å². The van der Waals surface area contributed by atoms with Gasteiger partial charge in [-0.05, 0) is 42.7 Å². The lowest BCUT2D eigenvalue weighted by molar-refractivity contribution is 0.0930.